The summed E-state index contributed by atoms with van der Waals surface area (Å²) in [5, 5.41) is 10.9. The van der Waals surface area contributed by atoms with E-state index in [1.807, 2.05) is 0 Å². The fourth-order valence-corrected chi connectivity index (χ4v) is 3.10. The van der Waals surface area contributed by atoms with Gasteiger partial charge in [-0.25, -0.2) is 13.1 Å². The lowest BCUT2D eigenvalue weighted by atomic mass is 10.2. The van der Waals surface area contributed by atoms with Gasteiger partial charge in [-0.15, -0.1) is 12.3 Å². The monoisotopic (exact) mass is 316 g/mol. The maximum atomic E-state index is 12.1. The second-order valence-corrected chi connectivity index (χ2v) is 6.36. The van der Waals surface area contributed by atoms with Gasteiger partial charge in [0.25, 0.3) is 5.69 Å². The number of benzene rings is 1. The van der Waals surface area contributed by atoms with Crippen LogP contribution in [0.3, 0.4) is 0 Å². The smallest absolute Gasteiger partial charge is 0.258 e. The molecule has 0 saturated heterocycles. The molecule has 20 heavy (non-hydrogen) atoms. The van der Waals surface area contributed by atoms with Gasteiger partial charge >= 0.3 is 0 Å². The summed E-state index contributed by atoms with van der Waals surface area (Å²) in [5.41, 5.74) is -0.130. The summed E-state index contributed by atoms with van der Waals surface area (Å²) in [7, 11) is -3.91. The Hall–Kier alpha value is -1.62. The molecule has 0 radical (unpaired) electrons. The molecule has 0 aliphatic carbocycles. The number of rotatable bonds is 5. The van der Waals surface area contributed by atoms with E-state index in [9.17, 15) is 18.5 Å². The average molecular weight is 317 g/mol. The number of sulfonamides is 1. The lowest BCUT2D eigenvalue weighted by molar-refractivity contribution is -0.385. The van der Waals surface area contributed by atoms with Crippen LogP contribution in [0, 0.1) is 29.4 Å². The van der Waals surface area contributed by atoms with Gasteiger partial charge in [-0.1, -0.05) is 11.6 Å². The zero-order chi connectivity index (χ0) is 15.5. The molecule has 0 fully saturated rings. The molecular formula is C12H13ClN2O4S. The fraction of sp³-hybridized carbons (Fsp3) is 0.333. The minimum absolute atomic E-state index is 0.0178. The fourth-order valence-electron chi connectivity index (χ4n) is 1.54. The molecule has 0 aliphatic heterocycles. The minimum Gasteiger partial charge on any atom is -0.258 e. The Bertz CT molecular complexity index is 679. The lowest BCUT2D eigenvalue weighted by Crippen LogP contribution is -2.32. The van der Waals surface area contributed by atoms with Crippen LogP contribution >= 0.6 is 11.6 Å². The molecule has 8 heteroatoms. The van der Waals surface area contributed by atoms with Crippen LogP contribution in [0.4, 0.5) is 5.69 Å². The van der Waals surface area contributed by atoms with Gasteiger partial charge in [0, 0.05) is 24.1 Å². The average Bonchev–Trinajstić information content (AvgIpc) is 2.31. The Kier molecular flexibility index (Phi) is 5.11. The molecule has 0 spiro atoms. The van der Waals surface area contributed by atoms with Crippen molar-refractivity contribution in [1.29, 1.82) is 0 Å². The summed E-state index contributed by atoms with van der Waals surface area (Å²) in [6, 6.07) is 1.67. The van der Waals surface area contributed by atoms with Crippen LogP contribution < -0.4 is 4.72 Å². The van der Waals surface area contributed by atoms with Crippen molar-refractivity contribution in [3.05, 3.63) is 32.8 Å². The molecule has 1 atom stereocenters. The molecule has 0 heterocycles. The second-order valence-electron chi connectivity index (χ2n) is 4.24. The lowest BCUT2D eigenvalue weighted by Gasteiger charge is -2.12. The van der Waals surface area contributed by atoms with Gasteiger partial charge in [0.05, 0.1) is 14.8 Å². The first-order valence-electron chi connectivity index (χ1n) is 5.59. The van der Waals surface area contributed by atoms with Crippen molar-refractivity contribution in [1.82, 2.24) is 4.72 Å². The maximum Gasteiger partial charge on any atom is 0.275 e. The van der Waals surface area contributed by atoms with Crippen LogP contribution in [-0.2, 0) is 10.0 Å². The van der Waals surface area contributed by atoms with Gasteiger partial charge < -0.3 is 0 Å². The molecule has 108 valence electrons. The molecule has 1 aromatic carbocycles. The van der Waals surface area contributed by atoms with Crippen molar-refractivity contribution in [2.75, 3.05) is 0 Å². The zero-order valence-electron chi connectivity index (χ0n) is 10.9. The van der Waals surface area contributed by atoms with Gasteiger partial charge in [0.1, 0.15) is 0 Å². The highest BCUT2D eigenvalue weighted by Gasteiger charge is 2.23. The van der Waals surface area contributed by atoms with Crippen LogP contribution in [0.2, 0.25) is 5.02 Å². The van der Waals surface area contributed by atoms with Crippen molar-refractivity contribution in [3.8, 4) is 12.3 Å². The van der Waals surface area contributed by atoms with Gasteiger partial charge in [-0.05, 0) is 19.9 Å². The third-order valence-electron chi connectivity index (χ3n) is 2.58. The number of terminal acetylenes is 1. The van der Waals surface area contributed by atoms with Crippen molar-refractivity contribution in [2.45, 2.75) is 31.2 Å². The number of nitro groups is 1. The Balaban J connectivity index is 3.27. The Morgan fingerprint density at radius 3 is 2.65 bits per heavy atom. The number of halogens is 1. The van der Waals surface area contributed by atoms with E-state index in [1.165, 1.54) is 13.0 Å². The topological polar surface area (TPSA) is 89.3 Å². The van der Waals surface area contributed by atoms with Crippen LogP contribution in [0.1, 0.15) is 18.9 Å². The van der Waals surface area contributed by atoms with Gasteiger partial charge in [-0.2, -0.15) is 0 Å². The van der Waals surface area contributed by atoms with E-state index in [2.05, 4.69) is 10.6 Å². The van der Waals surface area contributed by atoms with E-state index < -0.39 is 21.0 Å². The summed E-state index contributed by atoms with van der Waals surface area (Å²) in [6.45, 7) is 3.05. The molecule has 0 aromatic heterocycles. The summed E-state index contributed by atoms with van der Waals surface area (Å²) in [6.07, 6.45) is 5.31. The summed E-state index contributed by atoms with van der Waals surface area (Å²) in [4.78, 5) is 9.95. The predicted octanol–water partition coefficient (Wildman–Crippen LogP) is 2.25. The first-order chi connectivity index (χ1) is 9.19. The minimum atomic E-state index is -3.91. The predicted molar refractivity (Wildman–Crippen MR) is 76.1 cm³/mol. The Morgan fingerprint density at radius 2 is 2.15 bits per heavy atom. The number of hydrogen-bond donors (Lipinski definition) is 1. The quantitative estimate of drug-likeness (QED) is 0.512. The second kappa shape index (κ2) is 6.22. The van der Waals surface area contributed by atoms with Crippen LogP contribution in [0.25, 0.3) is 0 Å². The third-order valence-corrected chi connectivity index (χ3v) is 4.54. The highest BCUT2D eigenvalue weighted by molar-refractivity contribution is 7.89. The summed E-state index contributed by atoms with van der Waals surface area (Å²) >= 11 is 5.84. The SMILES string of the molecule is C#CCC(C)NS(=O)(=O)c1cc(Cl)c(C)c([N+](=O)[O-])c1. The molecule has 6 nitrogen and oxygen atoms in total. The standard InChI is InChI=1S/C12H13ClN2O4S/c1-4-5-8(2)14-20(18,19)10-6-11(13)9(3)12(7-10)15(16)17/h1,6-8,14H,5H2,2-3H3. The highest BCUT2D eigenvalue weighted by Crippen LogP contribution is 2.29. The number of nitro benzene ring substituents is 1. The molecule has 1 N–H and O–H groups in total. The van der Waals surface area contributed by atoms with E-state index in [0.717, 1.165) is 6.07 Å². The number of nitrogens with one attached hydrogen (secondary N) is 1. The van der Waals surface area contributed by atoms with Gasteiger partial charge in [-0.3, -0.25) is 10.1 Å². The molecule has 1 rings (SSSR count). The first-order valence-corrected chi connectivity index (χ1v) is 7.45. The van der Waals surface area contributed by atoms with E-state index >= 15 is 0 Å². The molecule has 1 unspecified atom stereocenters. The van der Waals surface area contributed by atoms with Crippen molar-refractivity contribution < 1.29 is 13.3 Å². The molecule has 0 aliphatic rings. The third kappa shape index (κ3) is 3.70. The van der Waals surface area contributed by atoms with Crippen molar-refractivity contribution in [3.63, 3.8) is 0 Å². The normalized spacial score (nSPS) is 12.7. The van der Waals surface area contributed by atoms with Gasteiger partial charge in [0.2, 0.25) is 10.0 Å². The summed E-state index contributed by atoms with van der Waals surface area (Å²) in [5.74, 6) is 2.33. The van der Waals surface area contributed by atoms with Crippen LogP contribution in [-0.4, -0.2) is 19.4 Å². The van der Waals surface area contributed by atoms with Crippen molar-refractivity contribution in [2.24, 2.45) is 0 Å². The van der Waals surface area contributed by atoms with E-state index in [4.69, 9.17) is 18.0 Å². The van der Waals surface area contributed by atoms with Crippen LogP contribution in [0.5, 0.6) is 0 Å². The van der Waals surface area contributed by atoms with E-state index in [-0.39, 0.29) is 27.6 Å². The maximum absolute atomic E-state index is 12.1. The highest BCUT2D eigenvalue weighted by atomic mass is 35.5. The number of hydrogen-bond acceptors (Lipinski definition) is 4. The largest absolute Gasteiger partial charge is 0.275 e. The Labute approximate surface area is 122 Å². The number of nitrogens with zero attached hydrogens (tertiary/aromatic N) is 1. The molecule has 0 saturated carbocycles. The molecule has 0 bridgehead atoms. The van der Waals surface area contributed by atoms with E-state index in [0.29, 0.717) is 0 Å². The molecule has 0 amide bonds. The van der Waals surface area contributed by atoms with E-state index in [1.54, 1.807) is 6.92 Å². The van der Waals surface area contributed by atoms with Gasteiger partial charge in [0.15, 0.2) is 0 Å². The molecule has 1 aromatic rings. The molecular weight excluding hydrogens is 304 g/mol. The zero-order valence-corrected chi connectivity index (χ0v) is 12.5. The van der Waals surface area contributed by atoms with Crippen LogP contribution in [0.15, 0.2) is 17.0 Å². The van der Waals surface area contributed by atoms with Crippen molar-refractivity contribution >= 4 is 27.3 Å². The summed E-state index contributed by atoms with van der Waals surface area (Å²) < 4.78 is 26.5. The Morgan fingerprint density at radius 1 is 1.55 bits per heavy atom. The first kappa shape index (κ1) is 16.4.